The molecule has 23 valence electrons. The molecule has 0 unspecified atom stereocenters. The van der Waals surface area contributed by atoms with Crippen LogP contribution in [0.4, 0.5) is 0 Å². The van der Waals surface area contributed by atoms with Crippen LogP contribution in [0.25, 0.3) is 0 Å². The van der Waals surface area contributed by atoms with Crippen LogP contribution in [-0.2, 0) is 45.2 Å². The summed E-state index contributed by atoms with van der Waals surface area (Å²) >= 11 is 2.83. The summed E-state index contributed by atoms with van der Waals surface area (Å²) in [5, 5.41) is 0. The molecule has 0 aliphatic rings. The van der Waals surface area contributed by atoms with Gasteiger partial charge in [-0.2, -0.15) is 4.21 Å². The molecular weight excluding hydrogens is 294 g/mol. The van der Waals surface area contributed by atoms with Gasteiger partial charge in [0, 0.05) is 72.6 Å². The summed E-state index contributed by atoms with van der Waals surface area (Å²) in [7, 11) is 0. The van der Waals surface area contributed by atoms with Crippen LogP contribution in [-0.4, -0.2) is 4.21 Å². The average molecular weight is 294 g/mol. The molecule has 0 aliphatic heterocycles. The van der Waals surface area contributed by atoms with Crippen molar-refractivity contribution in [2.45, 2.75) is 0 Å². The predicted molar refractivity (Wildman–Crippen MR) is 8.14 cm³/mol. The summed E-state index contributed by atoms with van der Waals surface area (Å²) in [5.74, 6) is 0. The van der Waals surface area contributed by atoms with Gasteiger partial charge in [0.25, 0.3) is 0 Å². The summed E-state index contributed by atoms with van der Waals surface area (Å²) in [6.45, 7) is 0. The summed E-state index contributed by atoms with van der Waals surface area (Å²) in [6, 6.07) is 0. The summed E-state index contributed by atoms with van der Waals surface area (Å²) in [5.41, 5.74) is 0. The van der Waals surface area contributed by atoms with Crippen molar-refractivity contribution in [3.8, 4) is 0 Å². The van der Waals surface area contributed by atoms with Gasteiger partial charge in [0.05, 0.1) is 0 Å². The molecule has 0 aliphatic carbocycles. The molecule has 0 rings (SSSR count). The Bertz CT molecular complexity index is 8.00. The van der Waals surface area contributed by atoms with Gasteiger partial charge < -0.3 is 0 Å². The maximum Gasteiger partial charge on any atom is 0.197 e. The van der Waals surface area contributed by atoms with Gasteiger partial charge in [0.15, 0.2) is 12.5 Å². The Morgan fingerprint density at radius 3 is 1.25 bits per heavy atom. The molecule has 0 N–H and O–H groups in total. The van der Waals surface area contributed by atoms with E-state index >= 15 is 0 Å². The quantitative estimate of drug-likeness (QED) is 0.608. The van der Waals surface area contributed by atoms with E-state index in [0.717, 1.165) is 0 Å². The number of hydrogen-bond donors (Lipinski definition) is 0. The molecule has 0 heterocycles. The van der Waals surface area contributed by atoms with E-state index in [2.05, 4.69) is 12.5 Å². The molecule has 0 amide bonds. The fraction of sp³-hybridized carbons (Fsp3) is 0. The van der Waals surface area contributed by atoms with Gasteiger partial charge in [-0.1, -0.05) is 0 Å². The van der Waals surface area contributed by atoms with E-state index < -0.39 is 0 Å². The van der Waals surface area contributed by atoms with Crippen molar-refractivity contribution < 1.29 is 76.9 Å². The Morgan fingerprint density at radius 1 is 1.25 bits per heavy atom. The summed E-state index contributed by atoms with van der Waals surface area (Å²) in [4.78, 5) is 0. The molecule has 0 aromatic heterocycles. The van der Waals surface area contributed by atoms with Crippen LogP contribution in [0, 0.1) is 39.9 Å². The Labute approximate surface area is 87.4 Å². The summed E-state index contributed by atoms with van der Waals surface area (Å²) in [6.07, 6.45) is 0. The van der Waals surface area contributed by atoms with Crippen LogP contribution >= 0.6 is 0 Å². The Morgan fingerprint density at radius 2 is 1.25 bits per heavy atom. The van der Waals surface area contributed by atoms with E-state index in [-0.39, 0.29) is 72.6 Å². The molecule has 0 atom stereocenters. The van der Waals surface area contributed by atoms with Crippen LogP contribution < -0.4 is 0 Å². The zero-order valence-corrected chi connectivity index (χ0v) is 7.67. The summed E-state index contributed by atoms with van der Waals surface area (Å²) < 4.78 is 7.83. The Balaban J connectivity index is -0.00000000500. The second-order valence-electron chi connectivity index (χ2n) is 0. The maximum atomic E-state index is 7.83. The molecule has 0 saturated heterocycles. The third-order valence-electron chi connectivity index (χ3n) is 0. The maximum absolute atomic E-state index is 7.83. The van der Waals surface area contributed by atoms with Crippen molar-refractivity contribution in [1.29, 1.82) is 0 Å². The van der Waals surface area contributed by atoms with Gasteiger partial charge in [-0.15, -0.1) is 0 Å². The Kier molecular flexibility index (Phi) is 72.4. The van der Waals surface area contributed by atoms with E-state index in [9.17, 15) is 0 Å². The number of rotatable bonds is 0. The first-order valence-corrected chi connectivity index (χ1v) is 0.500. The van der Waals surface area contributed by atoms with E-state index in [1.165, 1.54) is 0 Å². The van der Waals surface area contributed by atoms with Crippen molar-refractivity contribution in [2.24, 2.45) is 0 Å². The van der Waals surface area contributed by atoms with Crippen molar-refractivity contribution in [1.82, 2.24) is 0 Å². The van der Waals surface area contributed by atoms with Gasteiger partial charge in [-0.3, -0.25) is 0 Å². The first-order valence-electron chi connectivity index (χ1n) is 0.167. The molecule has 0 fully saturated rings. The zero-order chi connectivity index (χ0) is 2.00. The van der Waals surface area contributed by atoms with Crippen LogP contribution in [0.2, 0.25) is 0 Å². The standard InChI is InChI=1S/Gd.OS.Y/c;1-2;. The third kappa shape index (κ3) is 8.82. The molecule has 0 aromatic rings. The second-order valence-corrected chi connectivity index (χ2v) is 0. The van der Waals surface area contributed by atoms with E-state index in [0.29, 0.717) is 0 Å². The van der Waals surface area contributed by atoms with E-state index in [1.54, 1.807) is 0 Å². The van der Waals surface area contributed by atoms with Gasteiger partial charge >= 0.3 is 0 Å². The zero-order valence-electron chi connectivity index (χ0n) is 1.75. The molecular formula is GdOSY. The molecule has 4 heteroatoms. The SMILES string of the molecule is O=S.[Gd].[Y]. The van der Waals surface area contributed by atoms with Crippen LogP contribution in [0.1, 0.15) is 0 Å². The minimum atomic E-state index is 0. The van der Waals surface area contributed by atoms with Crippen molar-refractivity contribution in [3.63, 3.8) is 0 Å². The molecule has 0 bridgehead atoms. The van der Waals surface area contributed by atoms with Crippen molar-refractivity contribution >= 4 is 12.5 Å². The minimum absolute atomic E-state index is 0. The first kappa shape index (κ1) is 16.1. The van der Waals surface area contributed by atoms with Crippen LogP contribution in [0.15, 0.2) is 0 Å². The molecule has 0 saturated carbocycles. The minimum Gasteiger partial charge on any atom is -0.197 e. The predicted octanol–water partition coefficient (Wildman–Crippen LogP) is -0.339. The third-order valence-corrected chi connectivity index (χ3v) is 0. The van der Waals surface area contributed by atoms with E-state index in [1.807, 2.05) is 0 Å². The number of hydrogen-bond acceptors (Lipinski definition) is 2. The van der Waals surface area contributed by atoms with Crippen LogP contribution in [0.3, 0.4) is 0 Å². The molecule has 1 radical (unpaired) electrons. The Hall–Kier alpha value is 2.45. The fourth-order valence-electron chi connectivity index (χ4n) is 0. The molecule has 0 aromatic carbocycles. The largest absolute Gasteiger partial charge is 0.197 e. The van der Waals surface area contributed by atoms with Gasteiger partial charge in [-0.05, 0) is 0 Å². The normalized spacial score (nSPS) is 1.00. The second kappa shape index (κ2) is 18.0. The molecule has 4 heavy (non-hydrogen) atoms. The smallest absolute Gasteiger partial charge is 0.197 e. The van der Waals surface area contributed by atoms with Gasteiger partial charge in [0.1, 0.15) is 0 Å². The first-order chi connectivity index (χ1) is 1.00. The average Bonchev–Trinajstić information content (AvgIpc) is 1.00. The molecule has 1 nitrogen and oxygen atoms in total. The fourth-order valence-corrected chi connectivity index (χ4v) is 0. The van der Waals surface area contributed by atoms with Gasteiger partial charge in [-0.25, -0.2) is 0 Å². The van der Waals surface area contributed by atoms with Crippen LogP contribution in [0.5, 0.6) is 0 Å². The topological polar surface area (TPSA) is 17.1 Å². The van der Waals surface area contributed by atoms with Crippen molar-refractivity contribution in [2.75, 3.05) is 0 Å². The monoisotopic (exact) mass is 295 g/mol. The van der Waals surface area contributed by atoms with E-state index in [4.69, 9.17) is 4.21 Å². The van der Waals surface area contributed by atoms with Crippen molar-refractivity contribution in [3.05, 3.63) is 0 Å². The molecule has 0 spiro atoms. The van der Waals surface area contributed by atoms with Gasteiger partial charge in [0.2, 0.25) is 0 Å².